The van der Waals surface area contributed by atoms with Crippen LogP contribution in [-0.2, 0) is 4.79 Å². The Morgan fingerprint density at radius 3 is 2.75 bits per heavy atom. The fourth-order valence-corrected chi connectivity index (χ4v) is 1.32. The van der Waals surface area contributed by atoms with E-state index in [1.807, 2.05) is 26.0 Å². The Hall–Kier alpha value is -1.65. The van der Waals surface area contributed by atoms with E-state index in [9.17, 15) is 4.79 Å². The molecular weight excluding hydrogens is 204 g/mol. The molecule has 1 aliphatic carbocycles. The summed E-state index contributed by atoms with van der Waals surface area (Å²) in [6, 6.07) is 3.79. The molecule has 0 aliphatic heterocycles. The van der Waals surface area contributed by atoms with Crippen molar-refractivity contribution in [2.45, 2.75) is 38.8 Å². The summed E-state index contributed by atoms with van der Waals surface area (Å²) < 4.78 is 0. The highest BCUT2D eigenvalue weighted by atomic mass is 16.2. The molecule has 0 saturated heterocycles. The maximum atomic E-state index is 11.6. The minimum Gasteiger partial charge on any atom is -0.357 e. The Morgan fingerprint density at radius 2 is 2.19 bits per heavy atom. The molecule has 0 aromatic carbocycles. The second kappa shape index (κ2) is 4.47. The largest absolute Gasteiger partial charge is 0.357 e. The lowest BCUT2D eigenvalue weighted by Gasteiger charge is -2.13. The number of anilines is 1. The molecular formula is C11H16N4O. The Balaban J connectivity index is 1.87. The van der Waals surface area contributed by atoms with Crippen molar-refractivity contribution >= 4 is 11.7 Å². The Labute approximate surface area is 94.6 Å². The Kier molecular flexibility index (Phi) is 3.03. The zero-order valence-corrected chi connectivity index (χ0v) is 9.53. The molecule has 1 amide bonds. The number of hydrogen-bond acceptors (Lipinski definition) is 4. The van der Waals surface area contributed by atoms with E-state index < -0.39 is 0 Å². The number of carbonyl (C=O) groups is 1. The van der Waals surface area contributed by atoms with Gasteiger partial charge in [0.1, 0.15) is 11.9 Å². The summed E-state index contributed by atoms with van der Waals surface area (Å²) in [5, 5.41) is 13.8. The third-order valence-electron chi connectivity index (χ3n) is 2.48. The lowest BCUT2D eigenvalue weighted by molar-refractivity contribution is -0.121. The molecule has 1 aromatic heterocycles. The molecule has 1 unspecified atom stereocenters. The van der Waals surface area contributed by atoms with Crippen LogP contribution in [0, 0.1) is 6.92 Å². The number of amides is 1. The van der Waals surface area contributed by atoms with Crippen LogP contribution in [0.1, 0.15) is 25.5 Å². The van der Waals surface area contributed by atoms with E-state index in [1.54, 1.807) is 0 Å². The minimum absolute atomic E-state index is 0.0184. The van der Waals surface area contributed by atoms with Gasteiger partial charge < -0.3 is 10.6 Å². The molecule has 5 heteroatoms. The van der Waals surface area contributed by atoms with Crippen LogP contribution in [0.3, 0.4) is 0 Å². The molecule has 2 rings (SSSR count). The molecule has 1 saturated carbocycles. The fraction of sp³-hybridized carbons (Fsp3) is 0.545. The Bertz CT molecular complexity index is 372. The summed E-state index contributed by atoms with van der Waals surface area (Å²) in [5.74, 6) is 0.647. The number of aromatic nitrogens is 2. The summed E-state index contributed by atoms with van der Waals surface area (Å²) in [5.41, 5.74) is 0.862. The highest BCUT2D eigenvalue weighted by Crippen LogP contribution is 2.18. The molecule has 1 atom stereocenters. The van der Waals surface area contributed by atoms with Crippen molar-refractivity contribution in [2.24, 2.45) is 0 Å². The van der Waals surface area contributed by atoms with Crippen LogP contribution in [0.25, 0.3) is 0 Å². The third kappa shape index (κ3) is 2.92. The summed E-state index contributed by atoms with van der Waals surface area (Å²) in [7, 11) is 0. The smallest absolute Gasteiger partial charge is 0.242 e. The highest BCUT2D eigenvalue weighted by molar-refractivity contribution is 5.84. The number of rotatable bonds is 4. The topological polar surface area (TPSA) is 66.9 Å². The maximum Gasteiger partial charge on any atom is 0.242 e. The van der Waals surface area contributed by atoms with Crippen LogP contribution in [0.4, 0.5) is 5.82 Å². The van der Waals surface area contributed by atoms with Gasteiger partial charge in [0.25, 0.3) is 0 Å². The van der Waals surface area contributed by atoms with Gasteiger partial charge in [-0.3, -0.25) is 4.79 Å². The van der Waals surface area contributed by atoms with Gasteiger partial charge in [0.2, 0.25) is 5.91 Å². The molecule has 1 heterocycles. The second-order valence-corrected chi connectivity index (χ2v) is 4.21. The molecule has 86 valence electrons. The zero-order chi connectivity index (χ0) is 11.5. The predicted molar refractivity (Wildman–Crippen MR) is 61.0 cm³/mol. The summed E-state index contributed by atoms with van der Waals surface area (Å²) in [6.45, 7) is 3.69. The van der Waals surface area contributed by atoms with Crippen LogP contribution >= 0.6 is 0 Å². The van der Waals surface area contributed by atoms with Gasteiger partial charge in [-0.05, 0) is 38.8 Å². The van der Waals surface area contributed by atoms with E-state index >= 15 is 0 Å². The summed E-state index contributed by atoms with van der Waals surface area (Å²) >= 11 is 0. The number of carbonyl (C=O) groups excluding carboxylic acids is 1. The van der Waals surface area contributed by atoms with E-state index in [1.165, 1.54) is 0 Å². The number of aryl methyl sites for hydroxylation is 1. The van der Waals surface area contributed by atoms with Gasteiger partial charge in [-0.15, -0.1) is 5.10 Å². The van der Waals surface area contributed by atoms with Crippen LogP contribution in [-0.4, -0.2) is 28.2 Å². The van der Waals surface area contributed by atoms with Crippen LogP contribution < -0.4 is 10.6 Å². The molecule has 1 aliphatic rings. The van der Waals surface area contributed by atoms with Crippen molar-refractivity contribution < 1.29 is 4.79 Å². The standard InChI is InChI=1S/C11H16N4O/c1-7-3-6-10(15-14-7)12-8(2)11(16)13-9-4-5-9/h3,6,8-9H,4-5H2,1-2H3,(H,12,15)(H,13,16). The fourth-order valence-electron chi connectivity index (χ4n) is 1.32. The van der Waals surface area contributed by atoms with Gasteiger partial charge in [-0.1, -0.05) is 0 Å². The molecule has 1 fully saturated rings. The number of hydrogen-bond donors (Lipinski definition) is 2. The van der Waals surface area contributed by atoms with E-state index in [0.717, 1.165) is 18.5 Å². The zero-order valence-electron chi connectivity index (χ0n) is 9.53. The molecule has 16 heavy (non-hydrogen) atoms. The highest BCUT2D eigenvalue weighted by Gasteiger charge is 2.25. The lowest BCUT2D eigenvalue weighted by Crippen LogP contribution is -2.38. The first kappa shape index (κ1) is 10.9. The average Bonchev–Trinajstić information content (AvgIpc) is 3.05. The van der Waals surface area contributed by atoms with Gasteiger partial charge in [0.15, 0.2) is 0 Å². The maximum absolute atomic E-state index is 11.6. The van der Waals surface area contributed by atoms with Crippen molar-refractivity contribution in [3.05, 3.63) is 17.8 Å². The first-order valence-electron chi connectivity index (χ1n) is 5.52. The first-order chi connectivity index (χ1) is 7.65. The molecule has 0 bridgehead atoms. The number of nitrogens with one attached hydrogen (secondary N) is 2. The van der Waals surface area contributed by atoms with Crippen LogP contribution in [0.2, 0.25) is 0 Å². The average molecular weight is 220 g/mol. The normalized spacial score (nSPS) is 16.6. The third-order valence-corrected chi connectivity index (χ3v) is 2.48. The first-order valence-corrected chi connectivity index (χ1v) is 5.52. The van der Waals surface area contributed by atoms with Crippen molar-refractivity contribution in [3.63, 3.8) is 0 Å². The monoisotopic (exact) mass is 220 g/mol. The van der Waals surface area contributed by atoms with E-state index in [4.69, 9.17) is 0 Å². The van der Waals surface area contributed by atoms with Gasteiger partial charge >= 0.3 is 0 Å². The lowest BCUT2D eigenvalue weighted by atomic mass is 10.3. The quantitative estimate of drug-likeness (QED) is 0.790. The Morgan fingerprint density at radius 1 is 1.44 bits per heavy atom. The molecule has 0 radical (unpaired) electrons. The van der Waals surface area contributed by atoms with Gasteiger partial charge in [0.05, 0.1) is 5.69 Å². The minimum atomic E-state index is -0.280. The number of nitrogens with zero attached hydrogens (tertiary/aromatic N) is 2. The van der Waals surface area contributed by atoms with E-state index in [2.05, 4.69) is 20.8 Å². The molecule has 2 N–H and O–H groups in total. The van der Waals surface area contributed by atoms with Crippen molar-refractivity contribution in [1.82, 2.24) is 15.5 Å². The second-order valence-electron chi connectivity index (χ2n) is 4.21. The SMILES string of the molecule is Cc1ccc(NC(C)C(=O)NC2CC2)nn1. The van der Waals surface area contributed by atoms with Gasteiger partial charge in [0, 0.05) is 6.04 Å². The predicted octanol–water partition coefficient (Wildman–Crippen LogP) is 0.864. The molecule has 1 aromatic rings. The summed E-state index contributed by atoms with van der Waals surface area (Å²) in [4.78, 5) is 11.6. The van der Waals surface area contributed by atoms with Crippen LogP contribution in [0.5, 0.6) is 0 Å². The van der Waals surface area contributed by atoms with Gasteiger partial charge in [-0.25, -0.2) is 0 Å². The van der Waals surface area contributed by atoms with Crippen LogP contribution in [0.15, 0.2) is 12.1 Å². The van der Waals surface area contributed by atoms with Crippen molar-refractivity contribution in [1.29, 1.82) is 0 Å². The molecule has 0 spiro atoms. The van der Waals surface area contributed by atoms with E-state index in [0.29, 0.717) is 11.9 Å². The molecule has 5 nitrogen and oxygen atoms in total. The van der Waals surface area contributed by atoms with E-state index in [-0.39, 0.29) is 11.9 Å². The van der Waals surface area contributed by atoms with Crippen molar-refractivity contribution in [3.8, 4) is 0 Å². The van der Waals surface area contributed by atoms with Crippen molar-refractivity contribution in [2.75, 3.05) is 5.32 Å². The summed E-state index contributed by atoms with van der Waals surface area (Å²) in [6.07, 6.45) is 2.20. The van der Waals surface area contributed by atoms with Gasteiger partial charge in [-0.2, -0.15) is 5.10 Å².